The third-order valence-corrected chi connectivity index (χ3v) is 5.30. The van der Waals surface area contributed by atoms with Crippen molar-refractivity contribution in [3.63, 3.8) is 0 Å². The van der Waals surface area contributed by atoms with E-state index in [2.05, 4.69) is 15.0 Å². The Labute approximate surface area is 153 Å². The quantitative estimate of drug-likeness (QED) is 0.636. The van der Waals surface area contributed by atoms with Crippen LogP contribution in [0.3, 0.4) is 0 Å². The first-order valence-corrected chi connectivity index (χ1v) is 8.94. The van der Waals surface area contributed by atoms with Crippen LogP contribution in [0.4, 0.5) is 4.39 Å². The molecule has 0 spiro atoms. The van der Waals surface area contributed by atoms with Gasteiger partial charge in [-0.05, 0) is 25.1 Å². The van der Waals surface area contributed by atoms with Crippen molar-refractivity contribution in [2.45, 2.75) is 18.7 Å². The lowest BCUT2D eigenvalue weighted by Gasteiger charge is -2.07. The molecule has 0 bridgehead atoms. The number of hydrogen-bond acceptors (Lipinski definition) is 5. The minimum Gasteiger partial charge on any atom is -0.494 e. The summed E-state index contributed by atoms with van der Waals surface area (Å²) in [5.41, 5.74) is 1.93. The molecule has 3 aromatic rings. The van der Waals surface area contributed by atoms with Gasteiger partial charge >= 0.3 is 5.97 Å². The van der Waals surface area contributed by atoms with Gasteiger partial charge < -0.3 is 14.8 Å². The summed E-state index contributed by atoms with van der Waals surface area (Å²) in [5, 5.41) is 9.87. The van der Waals surface area contributed by atoms with Gasteiger partial charge in [0.05, 0.1) is 24.1 Å². The monoisotopic (exact) mass is 375 g/mol. The number of ether oxygens (including phenoxy) is 1. The van der Waals surface area contributed by atoms with Gasteiger partial charge in [-0.15, -0.1) is 11.8 Å². The molecule has 0 aliphatic carbocycles. The van der Waals surface area contributed by atoms with Gasteiger partial charge in [-0.2, -0.15) is 0 Å². The number of H-pyrrole nitrogens is 1. The summed E-state index contributed by atoms with van der Waals surface area (Å²) >= 11 is 1.45. The van der Waals surface area contributed by atoms with E-state index < -0.39 is 17.7 Å². The summed E-state index contributed by atoms with van der Waals surface area (Å²) < 4.78 is 18.9. The Hall–Kier alpha value is -2.61. The molecule has 3 rings (SSSR count). The lowest BCUT2D eigenvalue weighted by molar-refractivity contribution is -0.140. The minimum atomic E-state index is -0.825. The maximum Gasteiger partial charge on any atom is 0.307 e. The molecule has 1 unspecified atom stereocenters. The number of aromatic amines is 1. The highest BCUT2D eigenvalue weighted by Gasteiger charge is 2.16. The Kier molecular flexibility index (Phi) is 5.13. The van der Waals surface area contributed by atoms with Crippen LogP contribution in [0.25, 0.3) is 22.4 Å². The molecular formula is C18H18FN3O3S. The lowest BCUT2D eigenvalue weighted by atomic mass is 10.2. The Bertz CT molecular complexity index is 974. The van der Waals surface area contributed by atoms with Crippen LogP contribution in [0, 0.1) is 18.7 Å². The first kappa shape index (κ1) is 18.2. The van der Waals surface area contributed by atoms with Crippen LogP contribution in [0.15, 0.2) is 29.3 Å². The van der Waals surface area contributed by atoms with Crippen molar-refractivity contribution in [3.05, 3.63) is 35.9 Å². The standard InChI is InChI=1S/C18H18FN3O3S/c1-9(18(23)24)8-26-14-7-20-17-15(14)10(2)21-16(22-17)11-4-5-13(25-3)12(19)6-11/h4-7,9H,8H2,1-3H3,(H,23,24)(H,20,21,22). The molecule has 26 heavy (non-hydrogen) atoms. The maximum atomic E-state index is 14.0. The summed E-state index contributed by atoms with van der Waals surface area (Å²) in [4.78, 5) is 23.9. The maximum absolute atomic E-state index is 14.0. The number of carbonyl (C=O) groups is 1. The summed E-state index contributed by atoms with van der Waals surface area (Å²) in [7, 11) is 1.41. The molecule has 2 N–H and O–H groups in total. The van der Waals surface area contributed by atoms with E-state index in [1.54, 1.807) is 19.2 Å². The number of aryl methyl sites for hydroxylation is 1. The molecule has 0 fully saturated rings. The van der Waals surface area contributed by atoms with E-state index in [9.17, 15) is 9.18 Å². The van der Waals surface area contributed by atoms with E-state index >= 15 is 0 Å². The topological polar surface area (TPSA) is 88.1 Å². The molecule has 1 aromatic carbocycles. The third-order valence-electron chi connectivity index (χ3n) is 4.00. The number of nitrogens with one attached hydrogen (secondary N) is 1. The summed E-state index contributed by atoms with van der Waals surface area (Å²) in [6, 6.07) is 4.58. The van der Waals surface area contributed by atoms with Crippen LogP contribution >= 0.6 is 11.8 Å². The highest BCUT2D eigenvalue weighted by molar-refractivity contribution is 7.99. The number of hydrogen-bond donors (Lipinski definition) is 2. The molecule has 1 atom stereocenters. The average Bonchev–Trinajstić information content (AvgIpc) is 3.03. The van der Waals surface area contributed by atoms with Crippen LogP contribution in [0.5, 0.6) is 5.75 Å². The first-order valence-electron chi connectivity index (χ1n) is 7.96. The molecule has 2 heterocycles. The fourth-order valence-electron chi connectivity index (χ4n) is 2.51. The van der Waals surface area contributed by atoms with Crippen molar-refractivity contribution in [3.8, 4) is 17.1 Å². The molecule has 0 radical (unpaired) electrons. The number of rotatable bonds is 6. The van der Waals surface area contributed by atoms with Crippen LogP contribution in [-0.4, -0.2) is 38.9 Å². The number of carboxylic acid groups (broad SMARTS) is 1. The molecule has 136 valence electrons. The Balaban J connectivity index is 1.94. The van der Waals surface area contributed by atoms with Gasteiger partial charge in [-0.3, -0.25) is 4.79 Å². The Morgan fingerprint density at radius 2 is 2.19 bits per heavy atom. The second kappa shape index (κ2) is 7.33. The zero-order valence-electron chi connectivity index (χ0n) is 14.5. The van der Waals surface area contributed by atoms with Crippen LogP contribution in [-0.2, 0) is 4.79 Å². The van der Waals surface area contributed by atoms with E-state index in [1.807, 2.05) is 6.92 Å². The van der Waals surface area contributed by atoms with Gasteiger partial charge in [0.2, 0.25) is 0 Å². The van der Waals surface area contributed by atoms with Crippen molar-refractivity contribution in [2.75, 3.05) is 12.9 Å². The van der Waals surface area contributed by atoms with Crippen molar-refractivity contribution < 1.29 is 19.0 Å². The van der Waals surface area contributed by atoms with E-state index in [1.165, 1.54) is 31.0 Å². The fraction of sp³-hybridized carbons (Fsp3) is 0.278. The smallest absolute Gasteiger partial charge is 0.307 e. The summed E-state index contributed by atoms with van der Waals surface area (Å²) in [5.74, 6) is -0.724. The van der Waals surface area contributed by atoms with Gasteiger partial charge in [0.1, 0.15) is 5.65 Å². The van der Waals surface area contributed by atoms with Gasteiger partial charge in [0.25, 0.3) is 0 Å². The molecule has 2 aromatic heterocycles. The number of nitrogens with zero attached hydrogens (tertiary/aromatic N) is 2. The molecule has 8 heteroatoms. The second-order valence-electron chi connectivity index (χ2n) is 5.91. The third kappa shape index (κ3) is 3.50. The number of thioether (sulfide) groups is 1. The predicted molar refractivity (Wildman–Crippen MR) is 98.1 cm³/mol. The zero-order chi connectivity index (χ0) is 18.8. The van der Waals surface area contributed by atoms with Crippen LogP contribution in [0.2, 0.25) is 0 Å². The summed E-state index contributed by atoms with van der Waals surface area (Å²) in [6.07, 6.45) is 1.80. The minimum absolute atomic E-state index is 0.165. The molecule has 0 saturated heterocycles. The number of fused-ring (bicyclic) bond motifs is 1. The molecule has 6 nitrogen and oxygen atoms in total. The molecular weight excluding hydrogens is 357 g/mol. The summed E-state index contributed by atoms with van der Waals surface area (Å²) in [6.45, 7) is 3.52. The van der Waals surface area contributed by atoms with Crippen molar-refractivity contribution in [1.82, 2.24) is 15.0 Å². The number of aliphatic carboxylic acids is 1. The van der Waals surface area contributed by atoms with Crippen molar-refractivity contribution in [2.24, 2.45) is 5.92 Å². The number of aromatic nitrogens is 3. The van der Waals surface area contributed by atoms with Gasteiger partial charge in [0, 0.05) is 22.4 Å². The van der Waals surface area contributed by atoms with Gasteiger partial charge in [0.15, 0.2) is 17.4 Å². The van der Waals surface area contributed by atoms with Gasteiger partial charge in [-0.25, -0.2) is 14.4 Å². The highest BCUT2D eigenvalue weighted by atomic mass is 32.2. The van der Waals surface area contributed by atoms with Crippen LogP contribution < -0.4 is 4.74 Å². The predicted octanol–water partition coefficient (Wildman–Crippen LogP) is 3.89. The van der Waals surface area contributed by atoms with Crippen molar-refractivity contribution in [1.29, 1.82) is 0 Å². The Morgan fingerprint density at radius 1 is 1.42 bits per heavy atom. The number of halogens is 1. The van der Waals surface area contributed by atoms with E-state index in [-0.39, 0.29) is 5.75 Å². The number of methoxy groups -OCH3 is 1. The molecule has 0 aliphatic heterocycles. The van der Waals surface area contributed by atoms with Gasteiger partial charge in [-0.1, -0.05) is 6.92 Å². The van der Waals surface area contributed by atoms with Crippen LogP contribution in [0.1, 0.15) is 12.6 Å². The highest BCUT2D eigenvalue weighted by Crippen LogP contribution is 2.32. The number of benzene rings is 1. The lowest BCUT2D eigenvalue weighted by Crippen LogP contribution is -2.11. The SMILES string of the molecule is COc1ccc(-c2nc(C)c3c(SCC(C)C(=O)O)c[nH]c3n2)cc1F. The molecule has 0 aliphatic rings. The average molecular weight is 375 g/mol. The zero-order valence-corrected chi connectivity index (χ0v) is 15.4. The Morgan fingerprint density at radius 3 is 2.85 bits per heavy atom. The largest absolute Gasteiger partial charge is 0.494 e. The van der Waals surface area contributed by atoms with E-state index in [0.29, 0.717) is 22.8 Å². The van der Waals surface area contributed by atoms with Crippen molar-refractivity contribution >= 4 is 28.8 Å². The number of carboxylic acids is 1. The van der Waals surface area contributed by atoms with E-state index in [0.717, 1.165) is 16.0 Å². The second-order valence-corrected chi connectivity index (χ2v) is 6.97. The first-order chi connectivity index (χ1) is 12.4. The fourth-order valence-corrected chi connectivity index (χ4v) is 3.62. The van der Waals surface area contributed by atoms with E-state index in [4.69, 9.17) is 9.84 Å². The molecule has 0 saturated carbocycles. The molecule has 0 amide bonds. The normalized spacial score (nSPS) is 12.3.